The molecule has 0 spiro atoms. The van der Waals surface area contributed by atoms with Crippen molar-refractivity contribution in [1.82, 2.24) is 4.90 Å². The molecule has 0 amide bonds. The predicted molar refractivity (Wildman–Crippen MR) is 64.4 cm³/mol. The molecule has 1 unspecified atom stereocenters. The standard InChI is InChI=1S/C13H22N2O2/c14-7-3-1-4-8-15-9-5-2-6-12(15)13-16-10-11-17-13/h12-13H,1-6,8-11H2. The molecule has 0 aromatic heterocycles. The normalized spacial score (nSPS) is 27.1. The first-order chi connectivity index (χ1) is 8.42. The van der Waals surface area contributed by atoms with Gasteiger partial charge in [0.15, 0.2) is 6.29 Å². The van der Waals surface area contributed by atoms with Crippen LogP contribution in [0.1, 0.15) is 38.5 Å². The Bertz CT molecular complexity index is 259. The molecule has 0 radical (unpaired) electrons. The lowest BCUT2D eigenvalue weighted by atomic mass is 10.0. The van der Waals surface area contributed by atoms with E-state index in [-0.39, 0.29) is 6.29 Å². The molecule has 4 nitrogen and oxygen atoms in total. The number of hydrogen-bond donors (Lipinski definition) is 0. The van der Waals surface area contributed by atoms with Crippen LogP contribution in [0.2, 0.25) is 0 Å². The van der Waals surface area contributed by atoms with Crippen molar-refractivity contribution in [2.45, 2.75) is 50.9 Å². The molecule has 2 aliphatic heterocycles. The van der Waals surface area contributed by atoms with E-state index in [1.165, 1.54) is 19.3 Å². The maximum absolute atomic E-state index is 8.52. The Balaban J connectivity index is 1.77. The molecule has 2 heterocycles. The molecule has 0 N–H and O–H groups in total. The van der Waals surface area contributed by atoms with Gasteiger partial charge >= 0.3 is 0 Å². The van der Waals surface area contributed by atoms with Gasteiger partial charge in [0.05, 0.1) is 25.3 Å². The minimum absolute atomic E-state index is 0.00809. The van der Waals surface area contributed by atoms with Crippen molar-refractivity contribution in [3.63, 3.8) is 0 Å². The summed E-state index contributed by atoms with van der Waals surface area (Å²) in [6.07, 6.45) is 6.52. The molecular formula is C13H22N2O2. The number of nitrogens with zero attached hydrogens (tertiary/aromatic N) is 2. The van der Waals surface area contributed by atoms with Crippen LogP contribution in [0.3, 0.4) is 0 Å². The van der Waals surface area contributed by atoms with E-state index in [1.54, 1.807) is 0 Å². The number of unbranched alkanes of at least 4 members (excludes halogenated alkanes) is 2. The van der Waals surface area contributed by atoms with Crippen LogP contribution in [0, 0.1) is 11.3 Å². The van der Waals surface area contributed by atoms with Crippen molar-refractivity contribution >= 4 is 0 Å². The Morgan fingerprint density at radius 1 is 1.18 bits per heavy atom. The Kier molecular flexibility index (Phi) is 5.24. The first kappa shape index (κ1) is 12.8. The third-order valence-electron chi connectivity index (χ3n) is 3.61. The van der Waals surface area contributed by atoms with E-state index in [0.29, 0.717) is 12.5 Å². The van der Waals surface area contributed by atoms with Crippen LogP contribution in [0.4, 0.5) is 0 Å². The zero-order chi connectivity index (χ0) is 11.9. The number of rotatable bonds is 5. The average molecular weight is 238 g/mol. The summed E-state index contributed by atoms with van der Waals surface area (Å²) in [6, 6.07) is 2.64. The SMILES string of the molecule is N#CCCCCN1CCCCC1C1OCCO1. The fourth-order valence-electron chi connectivity index (χ4n) is 2.72. The first-order valence-electron chi connectivity index (χ1n) is 6.76. The van der Waals surface area contributed by atoms with Gasteiger partial charge in [0.1, 0.15) is 0 Å². The maximum atomic E-state index is 8.52. The van der Waals surface area contributed by atoms with E-state index in [0.717, 1.165) is 39.1 Å². The van der Waals surface area contributed by atoms with Crippen LogP contribution in [-0.4, -0.2) is 43.5 Å². The Morgan fingerprint density at radius 2 is 2.00 bits per heavy atom. The smallest absolute Gasteiger partial charge is 0.173 e. The van der Waals surface area contributed by atoms with Crippen molar-refractivity contribution in [1.29, 1.82) is 5.26 Å². The summed E-state index contributed by atoms with van der Waals surface area (Å²) in [4.78, 5) is 2.50. The van der Waals surface area contributed by atoms with Gasteiger partial charge in [0.25, 0.3) is 0 Å². The molecule has 2 fully saturated rings. The molecule has 17 heavy (non-hydrogen) atoms. The monoisotopic (exact) mass is 238 g/mol. The van der Waals surface area contributed by atoms with Gasteiger partial charge in [-0.15, -0.1) is 0 Å². The molecule has 0 aromatic rings. The van der Waals surface area contributed by atoms with Gasteiger partial charge in [0.2, 0.25) is 0 Å². The van der Waals surface area contributed by atoms with Crippen LogP contribution >= 0.6 is 0 Å². The van der Waals surface area contributed by atoms with E-state index in [2.05, 4.69) is 11.0 Å². The van der Waals surface area contributed by atoms with Crippen molar-refractivity contribution in [3.8, 4) is 6.07 Å². The number of piperidine rings is 1. The second-order valence-electron chi connectivity index (χ2n) is 4.82. The van der Waals surface area contributed by atoms with Gasteiger partial charge in [-0.05, 0) is 38.8 Å². The van der Waals surface area contributed by atoms with Crippen molar-refractivity contribution in [2.75, 3.05) is 26.3 Å². The molecule has 0 aliphatic carbocycles. The molecule has 0 bridgehead atoms. The number of nitriles is 1. The van der Waals surface area contributed by atoms with Crippen molar-refractivity contribution < 1.29 is 9.47 Å². The number of likely N-dealkylation sites (tertiary alicyclic amines) is 1. The topological polar surface area (TPSA) is 45.5 Å². The van der Waals surface area contributed by atoms with E-state index in [1.807, 2.05) is 0 Å². The molecule has 2 aliphatic rings. The highest BCUT2D eigenvalue weighted by Crippen LogP contribution is 2.24. The Hall–Kier alpha value is -0.630. The molecule has 1 atom stereocenters. The van der Waals surface area contributed by atoms with Gasteiger partial charge in [0, 0.05) is 6.42 Å². The quantitative estimate of drug-likeness (QED) is 0.686. The summed E-state index contributed by atoms with van der Waals surface area (Å²) >= 11 is 0. The van der Waals surface area contributed by atoms with E-state index in [4.69, 9.17) is 14.7 Å². The molecule has 96 valence electrons. The average Bonchev–Trinajstić information content (AvgIpc) is 2.89. The van der Waals surface area contributed by atoms with E-state index in [9.17, 15) is 0 Å². The molecule has 2 rings (SSSR count). The van der Waals surface area contributed by atoms with Crippen molar-refractivity contribution in [3.05, 3.63) is 0 Å². The highest BCUT2D eigenvalue weighted by molar-refractivity contribution is 4.81. The first-order valence-corrected chi connectivity index (χ1v) is 6.76. The van der Waals surface area contributed by atoms with E-state index >= 15 is 0 Å². The summed E-state index contributed by atoms with van der Waals surface area (Å²) in [5.74, 6) is 0. The van der Waals surface area contributed by atoms with Crippen molar-refractivity contribution in [2.24, 2.45) is 0 Å². The van der Waals surface area contributed by atoms with Gasteiger partial charge in [-0.25, -0.2) is 0 Å². The van der Waals surface area contributed by atoms with Crippen LogP contribution in [0.25, 0.3) is 0 Å². The lowest BCUT2D eigenvalue weighted by Gasteiger charge is -2.37. The Labute approximate surface area is 103 Å². The zero-order valence-corrected chi connectivity index (χ0v) is 10.4. The second-order valence-corrected chi connectivity index (χ2v) is 4.82. The molecule has 0 saturated carbocycles. The van der Waals surface area contributed by atoms with Crippen LogP contribution in [-0.2, 0) is 9.47 Å². The summed E-state index contributed by atoms with van der Waals surface area (Å²) in [6.45, 7) is 3.71. The lowest BCUT2D eigenvalue weighted by Crippen LogP contribution is -2.47. The fraction of sp³-hybridized carbons (Fsp3) is 0.923. The number of ether oxygens (including phenoxy) is 2. The zero-order valence-electron chi connectivity index (χ0n) is 10.4. The van der Waals surface area contributed by atoms with Gasteiger partial charge < -0.3 is 9.47 Å². The second kappa shape index (κ2) is 6.95. The number of hydrogen-bond acceptors (Lipinski definition) is 4. The summed E-state index contributed by atoms with van der Waals surface area (Å²) in [5.41, 5.74) is 0. The van der Waals surface area contributed by atoms with Gasteiger partial charge in [-0.3, -0.25) is 4.90 Å². The van der Waals surface area contributed by atoms with Gasteiger partial charge in [-0.2, -0.15) is 5.26 Å². The summed E-state index contributed by atoms with van der Waals surface area (Å²) < 4.78 is 11.3. The minimum atomic E-state index is -0.00809. The van der Waals surface area contributed by atoms with Crippen LogP contribution in [0.15, 0.2) is 0 Å². The maximum Gasteiger partial charge on any atom is 0.173 e. The molecule has 0 aromatic carbocycles. The fourth-order valence-corrected chi connectivity index (χ4v) is 2.72. The predicted octanol–water partition coefficient (Wildman–Crippen LogP) is 1.91. The third-order valence-corrected chi connectivity index (χ3v) is 3.61. The molecule has 4 heteroatoms. The third kappa shape index (κ3) is 3.67. The lowest BCUT2D eigenvalue weighted by molar-refractivity contribution is -0.109. The minimum Gasteiger partial charge on any atom is -0.349 e. The highest BCUT2D eigenvalue weighted by atomic mass is 16.7. The largest absolute Gasteiger partial charge is 0.349 e. The summed E-state index contributed by atoms with van der Waals surface area (Å²) in [7, 11) is 0. The van der Waals surface area contributed by atoms with Crippen LogP contribution < -0.4 is 0 Å². The molecular weight excluding hydrogens is 216 g/mol. The summed E-state index contributed by atoms with van der Waals surface area (Å²) in [5, 5.41) is 8.52. The molecule has 2 saturated heterocycles. The van der Waals surface area contributed by atoms with Crippen LogP contribution in [0.5, 0.6) is 0 Å². The Morgan fingerprint density at radius 3 is 2.76 bits per heavy atom. The van der Waals surface area contributed by atoms with Gasteiger partial charge in [-0.1, -0.05) is 6.42 Å². The van der Waals surface area contributed by atoms with E-state index < -0.39 is 0 Å². The highest BCUT2D eigenvalue weighted by Gasteiger charge is 2.33.